The Balaban J connectivity index is 1.54. The molecule has 1 saturated heterocycles. The van der Waals surface area contributed by atoms with Gasteiger partial charge >= 0.3 is 5.97 Å². The third-order valence-electron chi connectivity index (χ3n) is 6.78. The van der Waals surface area contributed by atoms with Gasteiger partial charge in [0, 0.05) is 17.7 Å². The molecule has 8 nitrogen and oxygen atoms in total. The van der Waals surface area contributed by atoms with Crippen LogP contribution in [0.2, 0.25) is 5.02 Å². The number of fused-ring (bicyclic) bond motifs is 3. The molecule has 172 valence electrons. The van der Waals surface area contributed by atoms with Gasteiger partial charge in [-0.3, -0.25) is 9.48 Å². The Morgan fingerprint density at radius 3 is 2.66 bits per heavy atom. The summed E-state index contributed by atoms with van der Waals surface area (Å²) in [5, 5.41) is 5.06. The van der Waals surface area contributed by atoms with Crippen molar-refractivity contribution < 1.29 is 19.0 Å². The molecule has 4 heterocycles. The van der Waals surface area contributed by atoms with Crippen molar-refractivity contribution in [2.45, 2.75) is 59.2 Å². The lowest BCUT2D eigenvalue weighted by atomic mass is 9.65. The maximum absolute atomic E-state index is 12.8. The van der Waals surface area contributed by atoms with Gasteiger partial charge in [-0.05, 0) is 25.2 Å². The van der Waals surface area contributed by atoms with E-state index in [0.717, 1.165) is 26.1 Å². The van der Waals surface area contributed by atoms with Crippen LogP contribution in [0.5, 0.6) is 5.88 Å². The topological polar surface area (TPSA) is 84.6 Å². The van der Waals surface area contributed by atoms with Crippen LogP contribution in [0.15, 0.2) is 17.1 Å². The first-order valence-electron chi connectivity index (χ1n) is 11.1. The van der Waals surface area contributed by atoms with Crippen LogP contribution in [0, 0.1) is 10.8 Å². The number of rotatable bonds is 4. The zero-order chi connectivity index (χ0) is 22.8. The number of halogens is 1. The van der Waals surface area contributed by atoms with Crippen molar-refractivity contribution in [2.75, 3.05) is 19.8 Å². The van der Waals surface area contributed by atoms with Crippen LogP contribution in [-0.4, -0.2) is 46.2 Å². The number of ether oxygens (including phenoxy) is 3. The van der Waals surface area contributed by atoms with E-state index in [9.17, 15) is 9.59 Å². The number of hydrogen-bond donors (Lipinski definition) is 0. The van der Waals surface area contributed by atoms with Crippen LogP contribution in [0.25, 0.3) is 11.4 Å². The highest BCUT2D eigenvalue weighted by Gasteiger charge is 2.51. The molecule has 2 aliphatic heterocycles. The second-order valence-electron chi connectivity index (χ2n) is 10.2. The number of aromatic nitrogens is 3. The summed E-state index contributed by atoms with van der Waals surface area (Å²) in [5.41, 5.74) is 0.985. The highest BCUT2D eigenvalue weighted by atomic mass is 35.5. The smallest absolute Gasteiger partial charge is 0.343 e. The van der Waals surface area contributed by atoms with Gasteiger partial charge in [-0.1, -0.05) is 32.4 Å². The van der Waals surface area contributed by atoms with Crippen LogP contribution in [0.1, 0.15) is 56.9 Å². The number of carbonyl (C=O) groups excluding carboxylic acids is 1. The molecule has 32 heavy (non-hydrogen) atoms. The van der Waals surface area contributed by atoms with E-state index in [-0.39, 0.29) is 35.1 Å². The lowest BCUT2D eigenvalue weighted by Crippen LogP contribution is -2.56. The van der Waals surface area contributed by atoms with Gasteiger partial charge < -0.3 is 18.8 Å². The average Bonchev–Trinajstić information content (AvgIpc) is 2.96. The van der Waals surface area contributed by atoms with Crippen molar-refractivity contribution in [3.8, 4) is 17.3 Å². The molecule has 0 radical (unpaired) electrons. The zero-order valence-electron chi connectivity index (χ0n) is 18.8. The van der Waals surface area contributed by atoms with Gasteiger partial charge in [0.1, 0.15) is 22.4 Å². The molecule has 0 unspecified atom stereocenters. The fourth-order valence-electron chi connectivity index (χ4n) is 4.95. The van der Waals surface area contributed by atoms with E-state index in [4.69, 9.17) is 25.8 Å². The summed E-state index contributed by atoms with van der Waals surface area (Å²) in [5.74, 6) is -0.224. The number of carbonyl (C=O) groups is 1. The van der Waals surface area contributed by atoms with Gasteiger partial charge in [-0.2, -0.15) is 0 Å². The normalized spacial score (nSPS) is 21.3. The van der Waals surface area contributed by atoms with Gasteiger partial charge in [0.15, 0.2) is 5.43 Å². The first-order chi connectivity index (χ1) is 15.1. The van der Waals surface area contributed by atoms with E-state index < -0.39 is 11.4 Å². The van der Waals surface area contributed by atoms with Crippen molar-refractivity contribution in [1.82, 2.24) is 14.3 Å². The fourth-order valence-corrected chi connectivity index (χ4v) is 5.22. The lowest BCUT2D eigenvalue weighted by Gasteiger charge is -2.52. The summed E-state index contributed by atoms with van der Waals surface area (Å²) in [6.45, 7) is 10.4. The van der Waals surface area contributed by atoms with Crippen molar-refractivity contribution in [1.29, 1.82) is 0 Å². The van der Waals surface area contributed by atoms with Crippen LogP contribution in [-0.2, 0) is 16.0 Å². The standard InChI is InChI=1S/C23H28ClN3O5/c1-5-31-21(29)14-9-26-15(6-16(14)28)19-18(24)20(25-27(19)10-17(26)22(2,3)4)32-13-7-23(8-13)11-30-12-23/h6,9,13,17H,5,7-8,10-12H2,1-4H3/t17-/m0/s1. The van der Waals surface area contributed by atoms with Gasteiger partial charge in [0.05, 0.1) is 38.1 Å². The van der Waals surface area contributed by atoms with Gasteiger partial charge in [0.25, 0.3) is 5.88 Å². The Hall–Kier alpha value is -2.32. The van der Waals surface area contributed by atoms with Crippen LogP contribution in [0.3, 0.4) is 0 Å². The minimum Gasteiger partial charge on any atom is -0.472 e. The molecule has 2 aromatic heterocycles. The second kappa shape index (κ2) is 7.35. The highest BCUT2D eigenvalue weighted by Crippen LogP contribution is 2.50. The van der Waals surface area contributed by atoms with Crippen molar-refractivity contribution in [3.63, 3.8) is 0 Å². The molecule has 1 atom stereocenters. The molecule has 9 heteroatoms. The van der Waals surface area contributed by atoms with E-state index >= 15 is 0 Å². The summed E-state index contributed by atoms with van der Waals surface area (Å²) in [6, 6.07) is 1.40. The Kier molecular flexibility index (Phi) is 4.94. The molecule has 1 aliphatic carbocycles. The Bertz CT molecular complexity index is 1130. The molecule has 2 aromatic rings. The number of pyridine rings is 1. The van der Waals surface area contributed by atoms with Gasteiger partial charge in [0.2, 0.25) is 0 Å². The molecule has 0 N–H and O–H groups in total. The van der Waals surface area contributed by atoms with Crippen LogP contribution < -0.4 is 10.2 Å². The first kappa shape index (κ1) is 21.5. The third kappa shape index (κ3) is 3.35. The predicted molar refractivity (Wildman–Crippen MR) is 118 cm³/mol. The Labute approximate surface area is 191 Å². The van der Waals surface area contributed by atoms with E-state index in [1.807, 2.05) is 9.25 Å². The van der Waals surface area contributed by atoms with Crippen molar-refractivity contribution >= 4 is 17.6 Å². The number of nitrogens with zero attached hydrogens (tertiary/aromatic N) is 3. The van der Waals surface area contributed by atoms with E-state index in [1.165, 1.54) is 6.07 Å². The summed E-state index contributed by atoms with van der Waals surface area (Å²) < 4.78 is 20.4. The first-order valence-corrected chi connectivity index (χ1v) is 11.4. The number of esters is 1. The fraction of sp³-hybridized carbons (Fsp3) is 0.609. The zero-order valence-corrected chi connectivity index (χ0v) is 19.6. The summed E-state index contributed by atoms with van der Waals surface area (Å²) in [7, 11) is 0. The second-order valence-corrected chi connectivity index (χ2v) is 10.6. The minimum absolute atomic E-state index is 0.0212. The molecule has 1 saturated carbocycles. The molecule has 3 aliphatic rings. The minimum atomic E-state index is -0.617. The van der Waals surface area contributed by atoms with E-state index in [2.05, 4.69) is 25.9 Å². The van der Waals surface area contributed by atoms with Crippen molar-refractivity contribution in [3.05, 3.63) is 33.1 Å². The maximum atomic E-state index is 12.8. The quantitative estimate of drug-likeness (QED) is 0.645. The highest BCUT2D eigenvalue weighted by molar-refractivity contribution is 6.34. The molecule has 5 rings (SSSR count). The average molecular weight is 462 g/mol. The lowest BCUT2D eigenvalue weighted by molar-refractivity contribution is -0.191. The van der Waals surface area contributed by atoms with Crippen LogP contribution >= 0.6 is 11.6 Å². The SMILES string of the molecule is CCOC(=O)c1cn2c(cc1=O)-c1c(Cl)c(OC3CC4(COC4)C3)nn1C[C@H]2C(C)(C)C. The largest absolute Gasteiger partial charge is 0.472 e. The van der Waals surface area contributed by atoms with Crippen molar-refractivity contribution in [2.24, 2.45) is 10.8 Å². The Morgan fingerprint density at radius 2 is 2.06 bits per heavy atom. The summed E-state index contributed by atoms with van der Waals surface area (Å²) >= 11 is 6.74. The van der Waals surface area contributed by atoms with E-state index in [0.29, 0.717) is 28.8 Å². The Morgan fingerprint density at radius 1 is 1.34 bits per heavy atom. The monoisotopic (exact) mass is 461 g/mol. The molecule has 0 amide bonds. The molecular weight excluding hydrogens is 434 g/mol. The molecule has 0 bridgehead atoms. The van der Waals surface area contributed by atoms with Gasteiger partial charge in [-0.15, -0.1) is 5.10 Å². The third-order valence-corrected chi connectivity index (χ3v) is 7.12. The van der Waals surface area contributed by atoms with Gasteiger partial charge in [-0.25, -0.2) is 4.79 Å². The summed E-state index contributed by atoms with van der Waals surface area (Å²) in [4.78, 5) is 25.2. The molecule has 0 aromatic carbocycles. The maximum Gasteiger partial charge on any atom is 0.343 e. The van der Waals surface area contributed by atoms with Crippen LogP contribution in [0.4, 0.5) is 0 Å². The van der Waals surface area contributed by atoms with E-state index in [1.54, 1.807) is 13.1 Å². The number of hydrogen-bond acceptors (Lipinski definition) is 6. The predicted octanol–water partition coefficient (Wildman–Crippen LogP) is 3.70. The molecule has 2 fully saturated rings. The molecule has 1 spiro atoms. The molecular formula is C23H28ClN3O5. The summed E-state index contributed by atoms with van der Waals surface area (Å²) in [6.07, 6.45) is 3.55.